The Morgan fingerprint density at radius 1 is 0.936 bits per heavy atom. The molecule has 2 aromatic carbocycles. The average molecular weight is 666 g/mol. The predicted molar refractivity (Wildman–Crippen MR) is 164 cm³/mol. The Bertz CT molecular complexity index is 2170. The zero-order chi connectivity index (χ0) is 33.2. The van der Waals surface area contributed by atoms with Gasteiger partial charge in [-0.3, -0.25) is 4.79 Å². The highest BCUT2D eigenvalue weighted by Gasteiger charge is 2.47. The number of aryl methyl sites for hydroxylation is 1. The summed E-state index contributed by atoms with van der Waals surface area (Å²) >= 11 is 0. The molecule has 0 amide bonds. The van der Waals surface area contributed by atoms with Crippen molar-refractivity contribution >= 4 is 32.8 Å². The van der Waals surface area contributed by atoms with Gasteiger partial charge in [-0.1, -0.05) is 17.7 Å². The minimum atomic E-state index is -4.29. The van der Waals surface area contributed by atoms with Gasteiger partial charge in [0.2, 0.25) is 0 Å². The monoisotopic (exact) mass is 665 g/mol. The molecule has 0 spiro atoms. The van der Waals surface area contributed by atoms with Gasteiger partial charge in [-0.05, 0) is 80.8 Å². The molecule has 3 aromatic heterocycles. The molecule has 3 fully saturated rings. The number of fused-ring (bicyclic) bond motifs is 4. The standard InChI is InChI=1S/C33H27F4N5O4S/c1-16-2-9-21(10-3-16)47(45,46)42-15-23(22-13-20(34)14-38-32(22)42)30-40-29(19-8-11-24(35)25(36)12-19)27(37)31(41-30)39-28-18-6-4-17(5-7-18)26(28)33(43)44/h2-3,8-15,17-18,26,28H,4-7H2,1H3,(H,43,44)(H,39,40,41). The number of nitrogens with one attached hydrogen (secondary N) is 1. The van der Waals surface area contributed by atoms with Crippen molar-refractivity contribution in [1.29, 1.82) is 0 Å². The molecule has 5 aromatic rings. The number of hydrogen-bond acceptors (Lipinski definition) is 7. The van der Waals surface area contributed by atoms with E-state index < -0.39 is 62.7 Å². The van der Waals surface area contributed by atoms with E-state index in [1.807, 2.05) is 0 Å². The average Bonchev–Trinajstić information content (AvgIpc) is 3.43. The molecule has 3 aliphatic rings. The van der Waals surface area contributed by atoms with Gasteiger partial charge in [-0.15, -0.1) is 0 Å². The van der Waals surface area contributed by atoms with Crippen LogP contribution in [0.4, 0.5) is 23.4 Å². The summed E-state index contributed by atoms with van der Waals surface area (Å²) in [6.07, 6.45) is 4.91. The zero-order valence-electron chi connectivity index (χ0n) is 24.8. The highest BCUT2D eigenvalue weighted by molar-refractivity contribution is 7.90. The van der Waals surface area contributed by atoms with Crippen molar-refractivity contribution in [1.82, 2.24) is 18.9 Å². The number of carboxylic acids is 1. The summed E-state index contributed by atoms with van der Waals surface area (Å²) in [7, 11) is -4.29. The number of halogens is 4. The lowest BCUT2D eigenvalue weighted by atomic mass is 9.61. The molecule has 9 nitrogen and oxygen atoms in total. The molecule has 47 heavy (non-hydrogen) atoms. The van der Waals surface area contributed by atoms with Crippen LogP contribution in [0.2, 0.25) is 0 Å². The van der Waals surface area contributed by atoms with Gasteiger partial charge in [-0.2, -0.15) is 0 Å². The van der Waals surface area contributed by atoms with E-state index in [2.05, 4.69) is 20.3 Å². The largest absolute Gasteiger partial charge is 0.481 e. The lowest BCUT2D eigenvalue weighted by molar-refractivity contribution is -0.148. The molecule has 14 heteroatoms. The molecule has 2 unspecified atom stereocenters. The number of rotatable bonds is 7. The van der Waals surface area contributed by atoms with E-state index in [9.17, 15) is 31.5 Å². The molecule has 242 valence electrons. The summed E-state index contributed by atoms with van der Waals surface area (Å²) in [5.74, 6) is -7.05. The van der Waals surface area contributed by atoms with Gasteiger partial charge in [0.1, 0.15) is 11.5 Å². The fourth-order valence-electron chi connectivity index (χ4n) is 6.91. The van der Waals surface area contributed by atoms with Gasteiger partial charge in [0.15, 0.2) is 34.7 Å². The van der Waals surface area contributed by atoms with Crippen LogP contribution in [0, 0.1) is 47.9 Å². The van der Waals surface area contributed by atoms with Gasteiger partial charge in [0, 0.05) is 28.8 Å². The van der Waals surface area contributed by atoms with Gasteiger partial charge in [0.25, 0.3) is 10.0 Å². The summed E-state index contributed by atoms with van der Waals surface area (Å²) < 4.78 is 87.6. The summed E-state index contributed by atoms with van der Waals surface area (Å²) in [6.45, 7) is 1.79. The molecule has 3 saturated carbocycles. The zero-order valence-corrected chi connectivity index (χ0v) is 25.6. The first-order valence-corrected chi connectivity index (χ1v) is 16.4. The highest BCUT2D eigenvalue weighted by atomic mass is 32.2. The van der Waals surface area contributed by atoms with Crippen molar-refractivity contribution in [3.8, 4) is 22.6 Å². The molecule has 3 aliphatic carbocycles. The van der Waals surface area contributed by atoms with E-state index in [0.717, 1.165) is 71.9 Å². The number of benzene rings is 2. The topological polar surface area (TPSA) is 127 Å². The van der Waals surface area contributed by atoms with Crippen LogP contribution < -0.4 is 5.32 Å². The van der Waals surface area contributed by atoms with Crippen LogP contribution in [-0.2, 0) is 14.8 Å². The van der Waals surface area contributed by atoms with E-state index >= 15 is 4.39 Å². The van der Waals surface area contributed by atoms with Gasteiger partial charge >= 0.3 is 5.97 Å². The number of aliphatic carboxylic acids is 1. The molecule has 0 saturated heterocycles. The Morgan fingerprint density at radius 2 is 1.64 bits per heavy atom. The van der Waals surface area contributed by atoms with E-state index in [-0.39, 0.29) is 44.7 Å². The van der Waals surface area contributed by atoms with E-state index in [1.165, 1.54) is 12.1 Å². The summed E-state index contributed by atoms with van der Waals surface area (Å²) in [6, 6.07) is 9.07. The van der Waals surface area contributed by atoms with Crippen LogP contribution in [0.1, 0.15) is 31.2 Å². The van der Waals surface area contributed by atoms with Crippen LogP contribution in [0.25, 0.3) is 33.7 Å². The third-order valence-corrected chi connectivity index (χ3v) is 10.9. The van der Waals surface area contributed by atoms with Gasteiger partial charge in [0.05, 0.1) is 17.0 Å². The van der Waals surface area contributed by atoms with Crippen molar-refractivity contribution in [3.05, 3.63) is 89.8 Å². The van der Waals surface area contributed by atoms with Crippen LogP contribution in [-0.4, -0.2) is 44.5 Å². The maximum atomic E-state index is 16.3. The second-order valence-corrected chi connectivity index (χ2v) is 13.9. The minimum absolute atomic E-state index is 0.0189. The van der Waals surface area contributed by atoms with E-state index in [4.69, 9.17) is 0 Å². The van der Waals surface area contributed by atoms with Crippen molar-refractivity contribution in [2.45, 2.75) is 43.5 Å². The third kappa shape index (κ3) is 5.29. The van der Waals surface area contributed by atoms with Crippen molar-refractivity contribution in [3.63, 3.8) is 0 Å². The number of carboxylic acid groups (broad SMARTS) is 1. The third-order valence-electron chi connectivity index (χ3n) is 9.25. The summed E-state index contributed by atoms with van der Waals surface area (Å²) in [5.41, 5.74) is -0.00358. The van der Waals surface area contributed by atoms with Crippen molar-refractivity contribution < 1.29 is 35.9 Å². The first kappa shape index (κ1) is 30.8. The number of nitrogens with zero attached hydrogens (tertiary/aromatic N) is 4. The first-order valence-electron chi connectivity index (χ1n) is 14.9. The number of hydrogen-bond donors (Lipinski definition) is 2. The molecule has 8 rings (SSSR count). The maximum absolute atomic E-state index is 16.3. The van der Waals surface area contributed by atoms with E-state index in [1.54, 1.807) is 19.1 Å². The molecule has 3 heterocycles. The lowest BCUT2D eigenvalue weighted by Crippen LogP contribution is -2.51. The molecule has 2 atom stereocenters. The molecular formula is C33H27F4N5O4S. The molecular weight excluding hydrogens is 638 g/mol. The SMILES string of the molecule is Cc1ccc(S(=O)(=O)n2cc(-c3nc(NC4C5CCC(CC5)C4C(=O)O)c(F)c(-c4ccc(F)c(F)c4)n3)c3cc(F)cnc32)cc1. The van der Waals surface area contributed by atoms with Crippen molar-refractivity contribution in [2.75, 3.05) is 5.32 Å². The Morgan fingerprint density at radius 3 is 2.32 bits per heavy atom. The fraction of sp³-hybridized carbons (Fsp3) is 0.273. The lowest BCUT2D eigenvalue weighted by Gasteiger charge is -2.47. The maximum Gasteiger partial charge on any atom is 0.308 e. The Kier molecular flexibility index (Phi) is 7.49. The molecule has 0 aliphatic heterocycles. The van der Waals surface area contributed by atoms with Crippen LogP contribution in [0.15, 0.2) is 65.8 Å². The number of carbonyl (C=O) groups is 1. The van der Waals surface area contributed by atoms with Gasteiger partial charge < -0.3 is 10.4 Å². The summed E-state index contributed by atoms with van der Waals surface area (Å²) in [5, 5.41) is 13.1. The van der Waals surface area contributed by atoms with Gasteiger partial charge in [-0.25, -0.2) is 44.9 Å². The number of anilines is 1. The fourth-order valence-corrected chi connectivity index (χ4v) is 8.23. The van der Waals surface area contributed by atoms with Crippen LogP contribution in [0.5, 0.6) is 0 Å². The predicted octanol–water partition coefficient (Wildman–Crippen LogP) is 6.56. The number of aromatic nitrogens is 4. The molecule has 2 bridgehead atoms. The number of pyridine rings is 1. The minimum Gasteiger partial charge on any atom is -0.481 e. The second-order valence-electron chi connectivity index (χ2n) is 12.1. The normalized spacial score (nSPS) is 20.9. The van der Waals surface area contributed by atoms with Crippen molar-refractivity contribution in [2.24, 2.45) is 17.8 Å². The summed E-state index contributed by atoms with van der Waals surface area (Å²) in [4.78, 5) is 25.0. The Labute approximate surface area is 266 Å². The molecule has 2 N–H and O–H groups in total. The smallest absolute Gasteiger partial charge is 0.308 e. The first-order chi connectivity index (χ1) is 22.4. The second kappa shape index (κ2) is 11.4. The highest BCUT2D eigenvalue weighted by Crippen LogP contribution is 2.47. The quantitative estimate of drug-likeness (QED) is 0.187. The molecule has 0 radical (unpaired) electrons. The van der Waals surface area contributed by atoms with E-state index in [0.29, 0.717) is 0 Å². The van der Waals surface area contributed by atoms with Crippen LogP contribution >= 0.6 is 0 Å². The Balaban J connectivity index is 1.44. The van der Waals surface area contributed by atoms with Crippen LogP contribution in [0.3, 0.4) is 0 Å². The Hall–Kier alpha value is -4.85.